The molecule has 0 amide bonds. The SMILES string of the molecule is Cn1c(=O)n(CC#N)c(=O)c2c1nc(N1CCNCC1)n2-c1ccccc1Cl.O=C(O)C(F)(F)F. The van der Waals surface area contributed by atoms with Gasteiger partial charge in [0.1, 0.15) is 6.54 Å². The molecule has 3 aromatic rings. The van der Waals surface area contributed by atoms with Gasteiger partial charge in [0.25, 0.3) is 5.56 Å². The van der Waals surface area contributed by atoms with Crippen molar-refractivity contribution >= 4 is 34.7 Å². The van der Waals surface area contributed by atoms with Crippen molar-refractivity contribution in [2.75, 3.05) is 31.1 Å². The van der Waals surface area contributed by atoms with Gasteiger partial charge < -0.3 is 15.3 Å². The zero-order chi connectivity index (χ0) is 25.9. The Kier molecular flexibility index (Phi) is 7.51. The number of hydrogen-bond donors (Lipinski definition) is 2. The van der Waals surface area contributed by atoms with Gasteiger partial charge in [0, 0.05) is 33.2 Å². The summed E-state index contributed by atoms with van der Waals surface area (Å²) in [6, 6.07) is 9.04. The largest absolute Gasteiger partial charge is 0.490 e. The maximum absolute atomic E-state index is 13.2. The Bertz CT molecular complexity index is 1420. The van der Waals surface area contributed by atoms with E-state index in [2.05, 4.69) is 15.2 Å². The third kappa shape index (κ3) is 5.15. The summed E-state index contributed by atoms with van der Waals surface area (Å²) >= 11 is 6.44. The van der Waals surface area contributed by atoms with Crippen molar-refractivity contribution in [3.8, 4) is 11.8 Å². The molecule has 1 aliphatic heterocycles. The van der Waals surface area contributed by atoms with E-state index in [4.69, 9.17) is 26.8 Å². The Morgan fingerprint density at radius 3 is 2.40 bits per heavy atom. The van der Waals surface area contributed by atoms with E-state index in [-0.39, 0.29) is 17.7 Å². The number of carbonyl (C=O) groups is 1. The number of hydrogen-bond acceptors (Lipinski definition) is 7. The molecule has 1 aliphatic rings. The number of carboxylic acid groups (broad SMARTS) is 1. The number of rotatable bonds is 3. The minimum absolute atomic E-state index is 0.221. The van der Waals surface area contributed by atoms with Gasteiger partial charge in [-0.15, -0.1) is 0 Å². The smallest absolute Gasteiger partial charge is 0.475 e. The molecule has 0 saturated carbocycles. The number of aryl methyl sites for hydroxylation is 1. The average Bonchev–Trinajstić information content (AvgIpc) is 3.22. The number of benzene rings is 1. The van der Waals surface area contributed by atoms with E-state index in [0.29, 0.717) is 29.7 Å². The van der Waals surface area contributed by atoms with E-state index in [0.717, 1.165) is 17.7 Å². The van der Waals surface area contributed by atoms with Gasteiger partial charge in [0.15, 0.2) is 11.2 Å². The number of halogens is 4. The predicted molar refractivity (Wildman–Crippen MR) is 120 cm³/mol. The van der Waals surface area contributed by atoms with E-state index in [1.165, 1.54) is 4.57 Å². The fraction of sp³-hybridized carbons (Fsp3) is 0.350. The summed E-state index contributed by atoms with van der Waals surface area (Å²) in [6.07, 6.45) is -5.08. The maximum atomic E-state index is 13.2. The van der Waals surface area contributed by atoms with Crippen molar-refractivity contribution in [2.24, 2.45) is 7.05 Å². The van der Waals surface area contributed by atoms with Crippen LogP contribution in [0, 0.1) is 11.3 Å². The van der Waals surface area contributed by atoms with Crippen LogP contribution in [0.5, 0.6) is 0 Å². The molecule has 1 fully saturated rings. The first-order valence-corrected chi connectivity index (χ1v) is 10.5. The molecule has 11 nitrogen and oxygen atoms in total. The highest BCUT2D eigenvalue weighted by molar-refractivity contribution is 6.32. The molecular formula is C20H19ClF3N7O4. The molecular weight excluding hydrogens is 495 g/mol. The zero-order valence-electron chi connectivity index (χ0n) is 18.2. The summed E-state index contributed by atoms with van der Waals surface area (Å²) in [6.45, 7) is 2.63. The van der Waals surface area contributed by atoms with E-state index >= 15 is 0 Å². The molecule has 35 heavy (non-hydrogen) atoms. The summed E-state index contributed by atoms with van der Waals surface area (Å²) < 4.78 is 35.6. The van der Waals surface area contributed by atoms with Crippen molar-refractivity contribution in [1.82, 2.24) is 24.0 Å². The van der Waals surface area contributed by atoms with E-state index in [1.54, 1.807) is 29.8 Å². The van der Waals surface area contributed by atoms with Gasteiger partial charge in [-0.25, -0.2) is 14.2 Å². The Morgan fingerprint density at radius 1 is 1.26 bits per heavy atom. The number of anilines is 1. The van der Waals surface area contributed by atoms with Crippen LogP contribution in [0.15, 0.2) is 33.9 Å². The average molecular weight is 514 g/mol. The van der Waals surface area contributed by atoms with Crippen molar-refractivity contribution in [1.29, 1.82) is 5.26 Å². The monoisotopic (exact) mass is 513 g/mol. The molecule has 0 unspecified atom stereocenters. The maximum Gasteiger partial charge on any atom is 0.490 e. The molecule has 15 heteroatoms. The third-order valence-corrected chi connectivity index (χ3v) is 5.41. The van der Waals surface area contributed by atoms with Crippen molar-refractivity contribution < 1.29 is 23.1 Å². The highest BCUT2D eigenvalue weighted by atomic mass is 35.5. The number of nitriles is 1. The summed E-state index contributed by atoms with van der Waals surface area (Å²) in [7, 11) is 1.55. The van der Waals surface area contributed by atoms with Crippen LogP contribution in [-0.2, 0) is 18.4 Å². The van der Waals surface area contributed by atoms with Gasteiger partial charge in [0.05, 0.1) is 16.8 Å². The first-order valence-electron chi connectivity index (χ1n) is 10.1. The van der Waals surface area contributed by atoms with Crippen molar-refractivity contribution in [3.05, 3.63) is 50.1 Å². The van der Waals surface area contributed by atoms with Crippen LogP contribution in [0.4, 0.5) is 19.1 Å². The lowest BCUT2D eigenvalue weighted by Crippen LogP contribution is -2.44. The van der Waals surface area contributed by atoms with Crippen LogP contribution in [0.2, 0.25) is 5.02 Å². The summed E-state index contributed by atoms with van der Waals surface area (Å²) in [5, 5.41) is 19.9. The number of imidazole rings is 1. The van der Waals surface area contributed by atoms with Gasteiger partial charge >= 0.3 is 17.8 Å². The second-order valence-electron chi connectivity index (χ2n) is 7.30. The Balaban J connectivity index is 0.000000429. The first kappa shape index (κ1) is 25.8. The molecule has 1 aromatic carbocycles. The van der Waals surface area contributed by atoms with E-state index in [9.17, 15) is 22.8 Å². The number of alkyl halides is 3. The Morgan fingerprint density at radius 2 is 1.86 bits per heavy atom. The molecule has 0 atom stereocenters. The van der Waals surface area contributed by atoms with Gasteiger partial charge in [-0.1, -0.05) is 23.7 Å². The van der Waals surface area contributed by atoms with Gasteiger partial charge in [-0.3, -0.25) is 13.9 Å². The van der Waals surface area contributed by atoms with Crippen LogP contribution in [0.3, 0.4) is 0 Å². The summed E-state index contributed by atoms with van der Waals surface area (Å²) in [5.74, 6) is -2.21. The molecule has 0 bridgehead atoms. The number of aliphatic carboxylic acids is 1. The molecule has 2 aromatic heterocycles. The second-order valence-corrected chi connectivity index (χ2v) is 7.71. The lowest BCUT2D eigenvalue weighted by atomic mass is 10.3. The molecule has 186 valence electrons. The second kappa shape index (κ2) is 10.2. The quantitative estimate of drug-likeness (QED) is 0.531. The molecule has 0 spiro atoms. The number of piperazine rings is 1. The lowest BCUT2D eigenvalue weighted by molar-refractivity contribution is -0.192. The Hall–Kier alpha value is -3.83. The first-order chi connectivity index (χ1) is 16.5. The number of para-hydroxylation sites is 1. The van der Waals surface area contributed by atoms with E-state index in [1.807, 2.05) is 12.1 Å². The van der Waals surface area contributed by atoms with Crippen molar-refractivity contribution in [2.45, 2.75) is 12.7 Å². The van der Waals surface area contributed by atoms with Gasteiger partial charge in [-0.05, 0) is 12.1 Å². The highest BCUT2D eigenvalue weighted by Gasteiger charge is 2.38. The fourth-order valence-electron chi connectivity index (χ4n) is 3.46. The third-order valence-electron chi connectivity index (χ3n) is 5.09. The highest BCUT2D eigenvalue weighted by Crippen LogP contribution is 2.29. The number of nitrogens with one attached hydrogen (secondary N) is 1. The standard InChI is InChI=1S/C18H18ClN7O2.C2HF3O2/c1-23-15-14(16(27)25(9-6-20)18(23)28)26(13-5-3-2-4-12(13)19)17(22-15)24-10-7-21-8-11-24;3-2(4,5)1(6)7/h2-5,21H,7-11H2,1H3;(H,6,7). The van der Waals surface area contributed by atoms with E-state index < -0.39 is 23.4 Å². The van der Waals surface area contributed by atoms with Crippen LogP contribution in [-0.4, -0.2) is 62.1 Å². The van der Waals surface area contributed by atoms with Crippen LogP contribution >= 0.6 is 11.6 Å². The zero-order valence-corrected chi connectivity index (χ0v) is 19.0. The fourth-order valence-corrected chi connectivity index (χ4v) is 3.68. The number of aromatic nitrogens is 4. The van der Waals surface area contributed by atoms with Crippen molar-refractivity contribution in [3.63, 3.8) is 0 Å². The van der Waals surface area contributed by atoms with Crippen LogP contribution < -0.4 is 21.5 Å². The molecule has 2 N–H and O–H groups in total. The summed E-state index contributed by atoms with van der Waals surface area (Å²) in [5.41, 5.74) is -0.0562. The number of nitrogens with zero attached hydrogens (tertiary/aromatic N) is 6. The van der Waals surface area contributed by atoms with Gasteiger partial charge in [0.2, 0.25) is 5.95 Å². The number of carboxylic acids is 1. The van der Waals surface area contributed by atoms with Gasteiger partial charge in [-0.2, -0.15) is 23.4 Å². The number of fused-ring (bicyclic) bond motifs is 1. The minimum Gasteiger partial charge on any atom is -0.475 e. The molecule has 3 heterocycles. The lowest BCUT2D eigenvalue weighted by Gasteiger charge is -2.28. The molecule has 0 aliphatic carbocycles. The molecule has 4 rings (SSSR count). The normalized spacial score (nSPS) is 13.8. The van der Waals surface area contributed by atoms with Crippen LogP contribution in [0.1, 0.15) is 0 Å². The van der Waals surface area contributed by atoms with Crippen LogP contribution in [0.25, 0.3) is 16.9 Å². The summed E-state index contributed by atoms with van der Waals surface area (Å²) in [4.78, 5) is 41.3. The predicted octanol–water partition coefficient (Wildman–Crippen LogP) is 1.11. The topological polar surface area (TPSA) is 138 Å². The molecule has 0 radical (unpaired) electrons. The minimum atomic E-state index is -5.08. The molecule has 1 saturated heterocycles. The Labute approximate surface area is 200 Å².